The molecule has 70 valence electrons. The number of aliphatic imine (C=N–C) groups is 1. The molecule has 0 spiro atoms. The van der Waals surface area contributed by atoms with Gasteiger partial charge in [-0.25, -0.2) is 0 Å². The van der Waals surface area contributed by atoms with Crippen LogP contribution < -0.4 is 0 Å². The van der Waals surface area contributed by atoms with Crippen molar-refractivity contribution in [1.82, 2.24) is 0 Å². The maximum atomic E-state index is 11.7. The van der Waals surface area contributed by atoms with Crippen LogP contribution in [0.15, 0.2) is 17.1 Å². The molecule has 2 nitrogen and oxygen atoms in total. The molecule has 0 saturated heterocycles. The quantitative estimate of drug-likeness (QED) is 0.493. The highest BCUT2D eigenvalue weighted by molar-refractivity contribution is 7.80. The second-order valence-electron chi connectivity index (χ2n) is 3.43. The number of hydrogen-bond donors (Lipinski definition) is 0. The van der Waals surface area contributed by atoms with E-state index in [2.05, 4.69) is 4.99 Å². The average molecular weight is 187 g/mol. The predicted molar refractivity (Wildman–Crippen MR) is 56.8 cm³/mol. The first-order valence-electron chi connectivity index (χ1n) is 4.14. The minimum absolute atomic E-state index is 0.212. The zero-order valence-corrected chi connectivity index (χ0v) is 9.43. The number of allylic oxidation sites excluding steroid dienone is 2. The lowest BCUT2D eigenvalue weighted by atomic mass is 10.4. The lowest BCUT2D eigenvalue weighted by Gasteiger charge is -2.08. The van der Waals surface area contributed by atoms with Crippen molar-refractivity contribution in [2.75, 3.05) is 13.3 Å². The van der Waals surface area contributed by atoms with Gasteiger partial charge in [0.15, 0.2) is 0 Å². The molecule has 0 heterocycles. The smallest absolute Gasteiger partial charge is 0.126 e. The Labute approximate surface area is 75.2 Å². The number of nitrogens with zero attached hydrogens (tertiary/aromatic N) is 1. The molecule has 0 saturated carbocycles. The maximum Gasteiger partial charge on any atom is 0.126 e. The third-order valence-electron chi connectivity index (χ3n) is 1.26. The number of rotatable bonds is 3. The summed E-state index contributed by atoms with van der Waals surface area (Å²) < 4.78 is 11.7. The first-order chi connectivity index (χ1) is 5.38. The molecule has 0 aromatic carbocycles. The lowest BCUT2D eigenvalue weighted by Crippen LogP contribution is -1.99. The van der Waals surface area contributed by atoms with Crippen molar-refractivity contribution in [2.24, 2.45) is 4.99 Å². The summed E-state index contributed by atoms with van der Waals surface area (Å²) in [6.07, 6.45) is 3.71. The van der Waals surface area contributed by atoms with Crippen LogP contribution in [0.3, 0.4) is 0 Å². The summed E-state index contributed by atoms with van der Waals surface area (Å²) in [7, 11) is -2.18. The van der Waals surface area contributed by atoms with Crippen LogP contribution in [0.4, 0.5) is 0 Å². The Morgan fingerprint density at radius 3 is 2.17 bits per heavy atom. The van der Waals surface area contributed by atoms with Crippen molar-refractivity contribution >= 4 is 12.6 Å². The van der Waals surface area contributed by atoms with E-state index >= 15 is 0 Å². The standard InChI is InChI=1S/C9H18NOP/c1-6-7-9(10-8(2)3)12(4,5)11/h6-8H,1-5H3/b7-6-,10-9+. The Balaban J connectivity index is 4.80. The van der Waals surface area contributed by atoms with E-state index in [9.17, 15) is 4.57 Å². The number of hydrogen-bond acceptors (Lipinski definition) is 2. The molecule has 0 atom stereocenters. The molecule has 0 amide bonds. The fourth-order valence-electron chi connectivity index (χ4n) is 0.775. The lowest BCUT2D eigenvalue weighted by molar-refractivity contribution is 0.589. The summed E-state index contributed by atoms with van der Waals surface area (Å²) in [6, 6.07) is 0.212. The van der Waals surface area contributed by atoms with E-state index in [1.165, 1.54) is 0 Å². The van der Waals surface area contributed by atoms with Gasteiger partial charge in [-0.2, -0.15) is 0 Å². The van der Waals surface area contributed by atoms with Gasteiger partial charge in [0.25, 0.3) is 0 Å². The highest BCUT2D eigenvalue weighted by atomic mass is 31.2. The molecule has 0 aliphatic heterocycles. The van der Waals surface area contributed by atoms with E-state index in [1.54, 1.807) is 13.3 Å². The van der Waals surface area contributed by atoms with E-state index in [4.69, 9.17) is 0 Å². The molecule has 0 bridgehead atoms. The fraction of sp³-hybridized carbons (Fsp3) is 0.667. The van der Waals surface area contributed by atoms with Crippen LogP contribution in [-0.2, 0) is 4.57 Å². The zero-order valence-electron chi connectivity index (χ0n) is 8.53. The Morgan fingerprint density at radius 2 is 1.92 bits per heavy atom. The van der Waals surface area contributed by atoms with E-state index in [1.807, 2.05) is 32.9 Å². The molecule has 0 aromatic heterocycles. The molecule has 0 aromatic rings. The second kappa shape index (κ2) is 4.61. The van der Waals surface area contributed by atoms with Crippen molar-refractivity contribution in [1.29, 1.82) is 0 Å². The summed E-state index contributed by atoms with van der Waals surface area (Å²) in [6.45, 7) is 9.37. The third kappa shape index (κ3) is 4.50. The Kier molecular flexibility index (Phi) is 4.47. The molecule has 0 aliphatic rings. The predicted octanol–water partition coefficient (Wildman–Crippen LogP) is 2.99. The van der Waals surface area contributed by atoms with Crippen LogP contribution in [0.25, 0.3) is 0 Å². The molecule has 12 heavy (non-hydrogen) atoms. The topological polar surface area (TPSA) is 29.4 Å². The summed E-state index contributed by atoms with van der Waals surface area (Å²) in [4.78, 5) is 4.30. The molecular weight excluding hydrogens is 169 g/mol. The summed E-state index contributed by atoms with van der Waals surface area (Å²) >= 11 is 0. The van der Waals surface area contributed by atoms with Crippen molar-refractivity contribution in [3.05, 3.63) is 12.2 Å². The van der Waals surface area contributed by atoms with Gasteiger partial charge in [-0.05, 0) is 40.2 Å². The minimum Gasteiger partial charge on any atom is -0.318 e. The first-order valence-corrected chi connectivity index (χ1v) is 6.74. The molecule has 0 fully saturated rings. The van der Waals surface area contributed by atoms with Crippen LogP contribution >= 0.6 is 7.14 Å². The Bertz CT molecular complexity index is 235. The van der Waals surface area contributed by atoms with Gasteiger partial charge < -0.3 is 4.57 Å². The molecule has 0 aliphatic carbocycles. The molecule has 3 heteroatoms. The zero-order chi connectivity index (χ0) is 9.78. The van der Waals surface area contributed by atoms with Crippen LogP contribution in [0.5, 0.6) is 0 Å². The van der Waals surface area contributed by atoms with Gasteiger partial charge in [-0.15, -0.1) is 0 Å². The highest BCUT2D eigenvalue weighted by Gasteiger charge is 2.13. The Morgan fingerprint density at radius 1 is 1.42 bits per heavy atom. The first kappa shape index (κ1) is 11.6. The Hall–Kier alpha value is -0.360. The van der Waals surface area contributed by atoms with Crippen molar-refractivity contribution in [2.45, 2.75) is 26.8 Å². The van der Waals surface area contributed by atoms with Crippen LogP contribution in [0, 0.1) is 0 Å². The van der Waals surface area contributed by atoms with Gasteiger partial charge in [0, 0.05) is 6.04 Å². The summed E-state index contributed by atoms with van der Waals surface area (Å²) in [5.74, 6) is 0. The second-order valence-corrected chi connectivity index (χ2v) is 6.59. The minimum atomic E-state index is -2.18. The average Bonchev–Trinajstić information content (AvgIpc) is 1.83. The van der Waals surface area contributed by atoms with E-state index in [0.29, 0.717) is 0 Å². The van der Waals surface area contributed by atoms with Crippen LogP contribution in [0.2, 0.25) is 0 Å². The molecule has 0 radical (unpaired) electrons. The van der Waals surface area contributed by atoms with Crippen molar-refractivity contribution in [3.63, 3.8) is 0 Å². The highest BCUT2D eigenvalue weighted by Crippen LogP contribution is 2.38. The van der Waals surface area contributed by atoms with E-state index in [-0.39, 0.29) is 6.04 Å². The van der Waals surface area contributed by atoms with Crippen LogP contribution in [-0.4, -0.2) is 24.8 Å². The van der Waals surface area contributed by atoms with Crippen molar-refractivity contribution in [3.8, 4) is 0 Å². The molecule has 0 rings (SSSR count). The summed E-state index contributed by atoms with van der Waals surface area (Å²) in [5.41, 5.74) is 0.736. The van der Waals surface area contributed by atoms with Crippen molar-refractivity contribution < 1.29 is 4.57 Å². The monoisotopic (exact) mass is 187 g/mol. The third-order valence-corrected chi connectivity index (χ3v) is 2.63. The van der Waals surface area contributed by atoms with Crippen LogP contribution in [0.1, 0.15) is 20.8 Å². The SMILES string of the molecule is C/C=C\C(=N/C(C)C)P(C)(C)=O. The molecule has 0 N–H and O–H groups in total. The normalized spacial score (nSPS) is 14.7. The van der Waals surface area contributed by atoms with Gasteiger partial charge in [-0.3, -0.25) is 4.99 Å². The van der Waals surface area contributed by atoms with Gasteiger partial charge in [0.1, 0.15) is 7.14 Å². The van der Waals surface area contributed by atoms with E-state index in [0.717, 1.165) is 5.45 Å². The van der Waals surface area contributed by atoms with Gasteiger partial charge in [-0.1, -0.05) is 6.08 Å². The van der Waals surface area contributed by atoms with Gasteiger partial charge in [0.2, 0.25) is 0 Å². The van der Waals surface area contributed by atoms with Gasteiger partial charge >= 0.3 is 0 Å². The fourth-order valence-corrected chi connectivity index (χ4v) is 1.79. The largest absolute Gasteiger partial charge is 0.318 e. The van der Waals surface area contributed by atoms with E-state index < -0.39 is 7.14 Å². The summed E-state index contributed by atoms with van der Waals surface area (Å²) in [5, 5.41) is 0. The van der Waals surface area contributed by atoms with Gasteiger partial charge in [0.05, 0.1) is 5.45 Å². The molecule has 0 unspecified atom stereocenters. The maximum absolute atomic E-state index is 11.7. The molecular formula is C9H18NOP.